The van der Waals surface area contributed by atoms with Crippen LogP contribution < -0.4 is 5.32 Å². The maximum Gasteiger partial charge on any atom is 0.220 e. The van der Waals surface area contributed by atoms with Gasteiger partial charge < -0.3 is 89.9 Å². The minimum atomic E-state index is -1.98. The Morgan fingerprint density at radius 1 is 0.402 bits per heavy atom. The van der Waals surface area contributed by atoms with Crippen molar-refractivity contribution in [1.29, 1.82) is 0 Å². The molecule has 0 aromatic carbocycles. The van der Waals surface area contributed by atoms with Gasteiger partial charge in [0.2, 0.25) is 5.91 Å². The summed E-state index contributed by atoms with van der Waals surface area (Å²) in [5.74, 6) is -0.288. The zero-order valence-corrected chi connectivity index (χ0v) is 53.8. The second-order valence-corrected chi connectivity index (χ2v) is 25.0. The molecule has 87 heavy (non-hydrogen) atoms. The lowest BCUT2D eigenvalue weighted by Gasteiger charge is -2.48. The van der Waals surface area contributed by atoms with E-state index in [1.54, 1.807) is 6.08 Å². The Morgan fingerprint density at radius 2 is 0.736 bits per heavy atom. The van der Waals surface area contributed by atoms with Crippen molar-refractivity contribution in [3.8, 4) is 0 Å². The van der Waals surface area contributed by atoms with Crippen molar-refractivity contribution in [1.82, 2.24) is 5.32 Å². The van der Waals surface area contributed by atoms with E-state index in [0.29, 0.717) is 12.8 Å². The lowest BCUT2D eigenvalue weighted by Crippen LogP contribution is -2.66. The van der Waals surface area contributed by atoms with E-state index in [9.17, 15) is 61.0 Å². The molecule has 3 heterocycles. The summed E-state index contributed by atoms with van der Waals surface area (Å²) in [6.45, 7) is 1.64. The highest BCUT2D eigenvalue weighted by Crippen LogP contribution is 2.33. The van der Waals surface area contributed by atoms with E-state index in [1.807, 2.05) is 6.08 Å². The highest BCUT2D eigenvalue weighted by Gasteiger charge is 2.53. The van der Waals surface area contributed by atoms with Gasteiger partial charge in [0.1, 0.15) is 73.2 Å². The highest BCUT2D eigenvalue weighted by molar-refractivity contribution is 5.76. The minimum Gasteiger partial charge on any atom is -0.394 e. The van der Waals surface area contributed by atoms with Crippen LogP contribution in [0.4, 0.5) is 0 Å². The molecular formula is C68H125NO18. The lowest BCUT2D eigenvalue weighted by atomic mass is 9.96. The van der Waals surface area contributed by atoms with Crippen LogP contribution in [0, 0.1) is 0 Å². The Hall–Kier alpha value is -1.99. The van der Waals surface area contributed by atoms with Crippen LogP contribution in [0.2, 0.25) is 0 Å². The maximum absolute atomic E-state index is 13.4. The Labute approximate surface area is 523 Å². The first-order valence-electron chi connectivity index (χ1n) is 34.7. The fourth-order valence-electron chi connectivity index (χ4n) is 11.8. The Kier molecular flexibility index (Phi) is 46.0. The Balaban J connectivity index is 1.35. The number of allylic oxidation sites excluding steroid dienone is 5. The number of rotatable bonds is 53. The van der Waals surface area contributed by atoms with Crippen LogP contribution in [0.25, 0.3) is 0 Å². The van der Waals surface area contributed by atoms with Crippen molar-refractivity contribution >= 4 is 5.91 Å². The number of unbranched alkanes of at least 4 members (excludes halogenated alkanes) is 33. The molecule has 19 nitrogen and oxygen atoms in total. The second kappa shape index (κ2) is 50.6. The number of hydrogen-bond donors (Lipinski definition) is 12. The molecule has 0 saturated carbocycles. The van der Waals surface area contributed by atoms with E-state index < -0.39 is 124 Å². The second-order valence-electron chi connectivity index (χ2n) is 25.0. The fourth-order valence-corrected chi connectivity index (χ4v) is 11.8. The average molecular weight is 1240 g/mol. The summed E-state index contributed by atoms with van der Waals surface area (Å²) in [6.07, 6.45) is 31.7. The summed E-state index contributed by atoms with van der Waals surface area (Å²) < 4.78 is 34.2. The molecule has 3 aliphatic heterocycles. The van der Waals surface area contributed by atoms with Crippen LogP contribution in [0.5, 0.6) is 0 Å². The molecule has 1 amide bonds. The standard InChI is InChI=1S/C68H125NO18/c1-3-5-7-9-11-13-15-16-17-18-19-20-21-22-23-24-25-26-27-28-29-30-31-32-33-34-36-38-40-42-44-46-56(74)69-51(52(73)45-43-41-39-37-35-14-12-10-8-6-4-2)50-82-66-62(80)59(77)64(54(48-71)84-66)87-68-63(81)60(78)65(55(49-72)85-68)86-67-61(79)58(76)57(75)53(47-70)83-67/h8,10,35,37,43,45,51-55,57-68,70-73,75-81H,3-7,9,11-34,36,38-42,44,46-50H2,1-2H3,(H,69,74)/b10-8+,37-35+,45-43+. The SMILES string of the molecule is CCC/C=C/CC/C=C/CC/C=C/C(O)C(COC1OC(CO)C(OC2OC(CO)C(OC3OC(CO)C(O)C(O)C3O)C(O)C2O)C(O)C1O)NC(=O)CCCCCCCCCCCCCCCCCCCCCCCCCCCCCCCCC. The number of carbonyl (C=O) groups excluding carboxylic acids is 1. The van der Waals surface area contributed by atoms with Crippen LogP contribution in [-0.2, 0) is 33.2 Å². The topological polar surface area (TPSA) is 307 Å². The van der Waals surface area contributed by atoms with Crippen LogP contribution in [0.15, 0.2) is 36.5 Å². The van der Waals surface area contributed by atoms with Crippen molar-refractivity contribution in [2.75, 3.05) is 26.4 Å². The third-order valence-corrected chi connectivity index (χ3v) is 17.4. The summed E-state index contributed by atoms with van der Waals surface area (Å²) in [4.78, 5) is 13.4. The van der Waals surface area contributed by atoms with Gasteiger partial charge in [0.15, 0.2) is 18.9 Å². The number of hydrogen-bond acceptors (Lipinski definition) is 18. The molecule has 3 saturated heterocycles. The molecule has 12 N–H and O–H groups in total. The first-order chi connectivity index (χ1) is 42.3. The molecule has 3 rings (SSSR count). The maximum atomic E-state index is 13.4. The summed E-state index contributed by atoms with van der Waals surface area (Å²) >= 11 is 0. The van der Waals surface area contributed by atoms with Gasteiger partial charge >= 0.3 is 0 Å². The Bertz CT molecular complexity index is 1720. The molecule has 19 heteroatoms. The van der Waals surface area contributed by atoms with E-state index in [1.165, 1.54) is 173 Å². The number of carbonyl (C=O) groups is 1. The normalized spacial score (nSPS) is 28.8. The van der Waals surface area contributed by atoms with Crippen LogP contribution in [0.1, 0.15) is 258 Å². The van der Waals surface area contributed by atoms with E-state index >= 15 is 0 Å². The van der Waals surface area contributed by atoms with Gasteiger partial charge in [-0.3, -0.25) is 4.79 Å². The van der Waals surface area contributed by atoms with Crippen molar-refractivity contribution in [2.24, 2.45) is 0 Å². The predicted octanol–water partition coefficient (Wildman–Crippen LogP) is 8.83. The van der Waals surface area contributed by atoms with Crippen LogP contribution in [0.3, 0.4) is 0 Å². The monoisotopic (exact) mass is 1240 g/mol. The zero-order chi connectivity index (χ0) is 63.3. The van der Waals surface area contributed by atoms with Crippen molar-refractivity contribution < 1.29 is 89.4 Å². The zero-order valence-electron chi connectivity index (χ0n) is 53.8. The lowest BCUT2D eigenvalue weighted by molar-refractivity contribution is -0.379. The minimum absolute atomic E-state index is 0.235. The molecule has 0 aromatic rings. The molecule has 0 bridgehead atoms. The molecule has 17 atom stereocenters. The van der Waals surface area contributed by atoms with Gasteiger partial charge in [0, 0.05) is 6.42 Å². The van der Waals surface area contributed by atoms with Gasteiger partial charge in [0.25, 0.3) is 0 Å². The molecule has 0 aliphatic carbocycles. The van der Waals surface area contributed by atoms with Crippen LogP contribution >= 0.6 is 0 Å². The van der Waals surface area contributed by atoms with Crippen LogP contribution in [-0.4, -0.2) is 193 Å². The van der Waals surface area contributed by atoms with Crippen molar-refractivity contribution in [2.45, 2.75) is 362 Å². The predicted molar refractivity (Wildman–Crippen MR) is 337 cm³/mol. The first-order valence-corrected chi connectivity index (χ1v) is 34.7. The van der Waals surface area contributed by atoms with E-state index in [2.05, 4.69) is 43.5 Å². The molecule has 0 radical (unpaired) electrons. The summed E-state index contributed by atoms with van der Waals surface area (Å²) in [5.41, 5.74) is 0. The fraction of sp³-hybridized carbons (Fsp3) is 0.897. The summed E-state index contributed by atoms with van der Waals surface area (Å²) in [5, 5.41) is 120. The third-order valence-electron chi connectivity index (χ3n) is 17.4. The van der Waals surface area contributed by atoms with Gasteiger partial charge in [-0.15, -0.1) is 0 Å². The quantitative estimate of drug-likeness (QED) is 0.0200. The molecule has 0 spiro atoms. The Morgan fingerprint density at radius 3 is 1.13 bits per heavy atom. The molecular weight excluding hydrogens is 1120 g/mol. The van der Waals surface area contributed by atoms with Crippen molar-refractivity contribution in [3.05, 3.63) is 36.5 Å². The summed E-state index contributed by atoms with van der Waals surface area (Å²) in [7, 11) is 0. The number of aliphatic hydroxyl groups is 11. The molecule has 17 unspecified atom stereocenters. The van der Waals surface area contributed by atoms with Gasteiger partial charge in [-0.2, -0.15) is 0 Å². The molecule has 510 valence electrons. The average Bonchev–Trinajstić information content (AvgIpc) is 1.88. The van der Waals surface area contributed by atoms with Gasteiger partial charge in [-0.05, 0) is 38.5 Å². The van der Waals surface area contributed by atoms with Gasteiger partial charge in [0.05, 0.1) is 38.6 Å². The number of nitrogens with one attached hydrogen (secondary N) is 1. The number of ether oxygens (including phenoxy) is 6. The van der Waals surface area contributed by atoms with E-state index in [4.69, 9.17) is 28.4 Å². The molecule has 0 aromatic heterocycles. The first kappa shape index (κ1) is 79.2. The smallest absolute Gasteiger partial charge is 0.220 e. The highest BCUT2D eigenvalue weighted by atomic mass is 16.8. The summed E-state index contributed by atoms with van der Waals surface area (Å²) in [6, 6.07) is -0.993. The largest absolute Gasteiger partial charge is 0.394 e. The van der Waals surface area contributed by atoms with Crippen molar-refractivity contribution in [3.63, 3.8) is 0 Å². The van der Waals surface area contributed by atoms with Gasteiger partial charge in [-0.25, -0.2) is 0 Å². The molecule has 3 fully saturated rings. The van der Waals surface area contributed by atoms with Gasteiger partial charge in [-0.1, -0.05) is 249 Å². The third kappa shape index (κ3) is 32.9. The number of aliphatic hydroxyl groups excluding tert-OH is 11. The number of amides is 1. The molecule has 3 aliphatic rings. The van der Waals surface area contributed by atoms with E-state index in [-0.39, 0.29) is 18.9 Å². The van der Waals surface area contributed by atoms with E-state index in [0.717, 1.165) is 51.4 Å².